The van der Waals surface area contributed by atoms with E-state index in [-0.39, 0.29) is 5.69 Å². The normalized spacial score (nSPS) is 16.6. The average Bonchev–Trinajstić information content (AvgIpc) is 3.73. The minimum absolute atomic E-state index is 0.252. The van der Waals surface area contributed by atoms with Gasteiger partial charge in [-0.2, -0.15) is 5.10 Å². The topological polar surface area (TPSA) is 111 Å². The fraction of sp³-hybridized carbons (Fsp3) is 0.414. The predicted molar refractivity (Wildman–Crippen MR) is 150 cm³/mol. The summed E-state index contributed by atoms with van der Waals surface area (Å²) in [4.78, 5) is 23.8. The van der Waals surface area contributed by atoms with Crippen LogP contribution < -0.4 is 10.2 Å². The Hall–Kier alpha value is -3.92. The van der Waals surface area contributed by atoms with E-state index in [0.717, 1.165) is 60.7 Å². The van der Waals surface area contributed by atoms with Crippen LogP contribution in [0.15, 0.2) is 37.1 Å². The second-order valence-electron chi connectivity index (χ2n) is 10.8. The third-order valence-corrected chi connectivity index (χ3v) is 8.15. The molecule has 0 spiro atoms. The molecule has 9 nitrogen and oxygen atoms in total. The van der Waals surface area contributed by atoms with Crippen molar-refractivity contribution < 1.29 is 4.39 Å². The van der Waals surface area contributed by atoms with Crippen LogP contribution in [-0.2, 0) is 6.54 Å². The molecule has 200 valence electrons. The number of hydrogen-bond acceptors (Lipinski definition) is 7. The summed E-state index contributed by atoms with van der Waals surface area (Å²) in [5.41, 5.74) is 5.48. The Morgan fingerprint density at radius 1 is 0.923 bits per heavy atom. The van der Waals surface area contributed by atoms with Crippen LogP contribution in [0.4, 0.5) is 10.1 Å². The maximum atomic E-state index is 16.1. The quantitative estimate of drug-likeness (QED) is 0.262. The molecule has 5 aromatic heterocycles. The molecule has 3 N–H and O–H groups in total. The Balaban J connectivity index is 1.21. The molecule has 2 fully saturated rings. The first-order valence-electron chi connectivity index (χ1n) is 14.0. The molecule has 0 amide bonds. The molecule has 0 bridgehead atoms. The lowest BCUT2D eigenvalue weighted by atomic mass is 10.1. The van der Waals surface area contributed by atoms with Crippen molar-refractivity contribution in [1.82, 2.24) is 40.4 Å². The van der Waals surface area contributed by atoms with Crippen molar-refractivity contribution in [3.8, 4) is 22.8 Å². The third-order valence-electron chi connectivity index (χ3n) is 8.15. The van der Waals surface area contributed by atoms with Gasteiger partial charge in [0.05, 0.1) is 40.7 Å². The zero-order valence-corrected chi connectivity index (χ0v) is 21.9. The van der Waals surface area contributed by atoms with Gasteiger partial charge in [-0.1, -0.05) is 12.8 Å². The molecule has 1 aliphatic heterocycles. The average molecular weight is 526 g/mol. The summed E-state index contributed by atoms with van der Waals surface area (Å²) in [7, 11) is 0. The molecular formula is C29H32FN9. The summed E-state index contributed by atoms with van der Waals surface area (Å²) in [6, 6.07) is 1.96. The SMILES string of the molecule is Fc1c(-c2cncc(CNCC3CCCC3)c2)ncc2[nH]nc(-c3nc4c(N5CCCCC5)cncc4[nH]3)c12. The number of hydrogen-bond donors (Lipinski definition) is 3. The molecule has 0 aromatic carbocycles. The molecule has 0 radical (unpaired) electrons. The highest BCUT2D eigenvalue weighted by Gasteiger charge is 2.23. The van der Waals surface area contributed by atoms with Gasteiger partial charge < -0.3 is 15.2 Å². The Morgan fingerprint density at radius 2 is 1.77 bits per heavy atom. The molecular weight excluding hydrogens is 493 g/mol. The highest BCUT2D eigenvalue weighted by atomic mass is 19.1. The van der Waals surface area contributed by atoms with Gasteiger partial charge in [-0.3, -0.25) is 20.1 Å². The summed E-state index contributed by atoms with van der Waals surface area (Å²) < 4.78 is 16.1. The number of imidazole rings is 1. The van der Waals surface area contributed by atoms with Crippen LogP contribution in [0, 0.1) is 11.7 Å². The van der Waals surface area contributed by atoms with E-state index in [1.165, 1.54) is 32.1 Å². The standard InChI is InChI=1S/C29H32FN9/c30-25-24-21(16-34-26(25)20-10-19(13-32-14-20)12-31-11-18-6-2-3-7-18)37-38-28(24)29-35-22-15-33-17-23(27(22)36-29)39-8-4-1-5-9-39/h10,13-18,31H,1-9,11-12H2,(H,35,36)(H,37,38). The molecule has 39 heavy (non-hydrogen) atoms. The number of rotatable bonds is 7. The molecule has 0 unspecified atom stereocenters. The number of pyridine rings is 3. The first-order valence-corrected chi connectivity index (χ1v) is 14.0. The van der Waals surface area contributed by atoms with Gasteiger partial charge in [0.25, 0.3) is 0 Å². The highest BCUT2D eigenvalue weighted by molar-refractivity contribution is 5.97. The van der Waals surface area contributed by atoms with Gasteiger partial charge in [-0.25, -0.2) is 9.37 Å². The smallest absolute Gasteiger partial charge is 0.161 e. The molecule has 2 aliphatic rings. The van der Waals surface area contributed by atoms with Gasteiger partial charge in [-0.15, -0.1) is 0 Å². The predicted octanol–water partition coefficient (Wildman–Crippen LogP) is 5.37. The van der Waals surface area contributed by atoms with Crippen molar-refractivity contribution in [2.24, 2.45) is 5.92 Å². The van der Waals surface area contributed by atoms with Crippen molar-refractivity contribution in [3.63, 3.8) is 0 Å². The second-order valence-corrected chi connectivity index (χ2v) is 10.8. The van der Waals surface area contributed by atoms with E-state index in [4.69, 9.17) is 4.98 Å². The summed E-state index contributed by atoms with van der Waals surface area (Å²) >= 11 is 0. The minimum Gasteiger partial charge on any atom is -0.368 e. The molecule has 1 saturated heterocycles. The monoisotopic (exact) mass is 525 g/mol. The Kier molecular flexibility index (Phi) is 6.40. The van der Waals surface area contributed by atoms with Crippen LogP contribution in [0.2, 0.25) is 0 Å². The molecule has 7 rings (SSSR count). The first-order chi connectivity index (χ1) is 19.2. The number of aromatic amines is 2. The fourth-order valence-corrected chi connectivity index (χ4v) is 6.09. The Bertz CT molecular complexity index is 1610. The number of piperidine rings is 1. The van der Waals surface area contributed by atoms with E-state index in [0.29, 0.717) is 34.5 Å². The fourth-order valence-electron chi connectivity index (χ4n) is 6.09. The number of anilines is 1. The van der Waals surface area contributed by atoms with Crippen molar-refractivity contribution in [2.45, 2.75) is 51.5 Å². The van der Waals surface area contributed by atoms with Crippen molar-refractivity contribution in [1.29, 1.82) is 0 Å². The van der Waals surface area contributed by atoms with Crippen LogP contribution in [-0.4, -0.2) is 54.8 Å². The lowest BCUT2D eigenvalue weighted by Crippen LogP contribution is -2.29. The summed E-state index contributed by atoms with van der Waals surface area (Å²) in [6.45, 7) is 3.68. The first kappa shape index (κ1) is 24.1. The minimum atomic E-state index is -0.441. The maximum absolute atomic E-state index is 16.1. The van der Waals surface area contributed by atoms with E-state index >= 15 is 4.39 Å². The molecule has 0 atom stereocenters. The zero-order valence-electron chi connectivity index (χ0n) is 21.9. The molecule has 10 heteroatoms. The number of halogens is 1. The molecule has 6 heterocycles. The van der Waals surface area contributed by atoms with E-state index in [9.17, 15) is 0 Å². The zero-order chi connectivity index (χ0) is 26.2. The van der Waals surface area contributed by atoms with Gasteiger partial charge in [0.1, 0.15) is 16.9 Å². The Morgan fingerprint density at radius 3 is 2.64 bits per heavy atom. The highest BCUT2D eigenvalue weighted by Crippen LogP contribution is 2.34. The number of fused-ring (bicyclic) bond motifs is 2. The summed E-state index contributed by atoms with van der Waals surface area (Å²) in [5.74, 6) is 0.817. The third kappa shape index (κ3) is 4.63. The van der Waals surface area contributed by atoms with Crippen molar-refractivity contribution in [3.05, 3.63) is 48.4 Å². The van der Waals surface area contributed by atoms with Crippen LogP contribution in [0.25, 0.3) is 44.7 Å². The van der Waals surface area contributed by atoms with Crippen molar-refractivity contribution in [2.75, 3.05) is 24.5 Å². The van der Waals surface area contributed by atoms with E-state index in [1.54, 1.807) is 18.6 Å². The van der Waals surface area contributed by atoms with Gasteiger partial charge in [0, 0.05) is 37.6 Å². The maximum Gasteiger partial charge on any atom is 0.161 e. The van der Waals surface area contributed by atoms with Gasteiger partial charge >= 0.3 is 0 Å². The second kappa shape index (κ2) is 10.3. The van der Waals surface area contributed by atoms with Gasteiger partial charge in [0.15, 0.2) is 11.6 Å². The molecule has 1 saturated carbocycles. The number of H-pyrrole nitrogens is 2. The van der Waals surface area contributed by atoms with Gasteiger partial charge in [0.2, 0.25) is 0 Å². The van der Waals surface area contributed by atoms with Crippen molar-refractivity contribution >= 4 is 27.6 Å². The summed E-state index contributed by atoms with van der Waals surface area (Å²) in [5, 5.41) is 11.3. The van der Waals surface area contributed by atoms with Crippen LogP contribution in [0.3, 0.4) is 0 Å². The van der Waals surface area contributed by atoms with E-state index in [2.05, 4.69) is 40.3 Å². The van der Waals surface area contributed by atoms with Crippen LogP contribution in [0.5, 0.6) is 0 Å². The lowest BCUT2D eigenvalue weighted by molar-refractivity contribution is 0.489. The van der Waals surface area contributed by atoms with Crippen LogP contribution in [0.1, 0.15) is 50.5 Å². The molecule has 5 aromatic rings. The van der Waals surface area contributed by atoms with Gasteiger partial charge in [-0.05, 0) is 56.2 Å². The Labute approximate surface area is 225 Å². The lowest BCUT2D eigenvalue weighted by Gasteiger charge is -2.28. The van der Waals surface area contributed by atoms with Crippen LogP contribution >= 0.6 is 0 Å². The van der Waals surface area contributed by atoms with E-state index < -0.39 is 5.82 Å². The number of nitrogens with zero attached hydrogens (tertiary/aromatic N) is 6. The number of aromatic nitrogens is 7. The largest absolute Gasteiger partial charge is 0.368 e. The molecule has 1 aliphatic carbocycles. The number of nitrogens with one attached hydrogen (secondary N) is 3. The summed E-state index contributed by atoms with van der Waals surface area (Å²) in [6.07, 6.45) is 17.6. The van der Waals surface area contributed by atoms with E-state index in [1.807, 2.05) is 18.5 Å².